The summed E-state index contributed by atoms with van der Waals surface area (Å²) in [6.07, 6.45) is 5.53. The van der Waals surface area contributed by atoms with Crippen molar-refractivity contribution in [1.82, 2.24) is 0 Å². The van der Waals surface area contributed by atoms with Gasteiger partial charge in [-0.25, -0.2) is 0 Å². The van der Waals surface area contributed by atoms with Crippen LogP contribution in [0.4, 0.5) is 0 Å². The smallest absolute Gasteiger partial charge is 0.0256 e. The Morgan fingerprint density at radius 1 is 1.36 bits per heavy atom. The van der Waals surface area contributed by atoms with Crippen molar-refractivity contribution in [2.75, 3.05) is 6.26 Å². The molecule has 1 aromatic rings. The summed E-state index contributed by atoms with van der Waals surface area (Å²) >= 11 is 1.76. The molecular formula is C13H16S. The number of hydrogen-bond acceptors (Lipinski definition) is 1. The Morgan fingerprint density at radius 3 is 2.93 bits per heavy atom. The molecule has 0 radical (unpaired) electrons. The first-order valence-electron chi connectivity index (χ1n) is 4.99. The van der Waals surface area contributed by atoms with Crippen LogP contribution in [-0.2, 0) is 0 Å². The van der Waals surface area contributed by atoms with Crippen LogP contribution in [-0.4, -0.2) is 6.26 Å². The molecule has 1 heteroatoms. The van der Waals surface area contributed by atoms with Gasteiger partial charge in [-0.15, -0.1) is 11.8 Å². The molecule has 0 unspecified atom stereocenters. The van der Waals surface area contributed by atoms with Gasteiger partial charge in [0.25, 0.3) is 0 Å². The van der Waals surface area contributed by atoms with E-state index in [1.807, 2.05) is 0 Å². The molecule has 0 N–H and O–H groups in total. The molecule has 0 amide bonds. The lowest BCUT2D eigenvalue weighted by molar-refractivity contribution is 0.828. The summed E-state index contributed by atoms with van der Waals surface area (Å²) in [6, 6.07) is 8.39. The zero-order chi connectivity index (χ0) is 10.2. The fourth-order valence-electron chi connectivity index (χ4n) is 1.13. The molecule has 14 heavy (non-hydrogen) atoms. The molecule has 0 aliphatic carbocycles. The van der Waals surface area contributed by atoms with Gasteiger partial charge in [0.15, 0.2) is 0 Å². The van der Waals surface area contributed by atoms with E-state index in [0.29, 0.717) is 0 Å². The molecule has 1 aromatic carbocycles. The van der Waals surface area contributed by atoms with Crippen LogP contribution in [0.2, 0.25) is 0 Å². The third kappa shape index (κ3) is 3.89. The van der Waals surface area contributed by atoms with Gasteiger partial charge in [0.05, 0.1) is 0 Å². The number of thioether (sulfide) groups is 1. The molecule has 0 heterocycles. The molecule has 1 rings (SSSR count). The Hall–Kier alpha value is -0.870. The quantitative estimate of drug-likeness (QED) is 0.408. The largest absolute Gasteiger partial charge is 0.130 e. The monoisotopic (exact) mass is 204 g/mol. The van der Waals surface area contributed by atoms with Crippen molar-refractivity contribution in [2.45, 2.75) is 31.1 Å². The summed E-state index contributed by atoms with van der Waals surface area (Å²) in [7, 11) is 0. The molecule has 0 atom stereocenters. The van der Waals surface area contributed by atoms with E-state index in [9.17, 15) is 0 Å². The Labute approximate surface area is 91.1 Å². The lowest BCUT2D eigenvalue weighted by Crippen LogP contribution is -1.75. The molecule has 0 nitrogen and oxygen atoms in total. The fourth-order valence-corrected chi connectivity index (χ4v) is 1.59. The molecule has 0 bridgehead atoms. The number of unbranched alkanes of at least 4 members (excludes halogenated alkanes) is 2. The van der Waals surface area contributed by atoms with Gasteiger partial charge in [-0.1, -0.05) is 31.3 Å². The minimum absolute atomic E-state index is 1.01. The van der Waals surface area contributed by atoms with Gasteiger partial charge in [-0.2, -0.15) is 0 Å². The van der Waals surface area contributed by atoms with Crippen LogP contribution in [0.5, 0.6) is 0 Å². The molecule has 0 aliphatic rings. The van der Waals surface area contributed by atoms with Gasteiger partial charge in [0.2, 0.25) is 0 Å². The maximum Gasteiger partial charge on any atom is 0.0256 e. The number of hydrogen-bond donors (Lipinski definition) is 0. The fraction of sp³-hybridized carbons (Fsp3) is 0.385. The first-order chi connectivity index (χ1) is 6.86. The van der Waals surface area contributed by atoms with E-state index in [1.54, 1.807) is 11.8 Å². The molecule has 0 saturated carbocycles. The third-order valence-electron chi connectivity index (χ3n) is 1.96. The van der Waals surface area contributed by atoms with E-state index in [-0.39, 0.29) is 0 Å². The van der Waals surface area contributed by atoms with Crippen LogP contribution in [0.1, 0.15) is 31.7 Å². The lowest BCUT2D eigenvalue weighted by Gasteiger charge is -1.95. The number of rotatable bonds is 3. The van der Waals surface area contributed by atoms with Gasteiger partial charge in [-0.05, 0) is 30.9 Å². The SMILES string of the molecule is CCCCC#Cc1cccc(SC)c1. The van der Waals surface area contributed by atoms with Crippen molar-refractivity contribution in [3.05, 3.63) is 29.8 Å². The van der Waals surface area contributed by atoms with Crippen LogP contribution in [0.25, 0.3) is 0 Å². The summed E-state index contributed by atoms with van der Waals surface area (Å²) in [5, 5.41) is 0. The summed E-state index contributed by atoms with van der Waals surface area (Å²) in [4.78, 5) is 1.28. The third-order valence-corrected chi connectivity index (χ3v) is 2.68. The second-order valence-electron chi connectivity index (χ2n) is 3.14. The highest BCUT2D eigenvalue weighted by Gasteiger charge is 1.89. The van der Waals surface area contributed by atoms with E-state index in [0.717, 1.165) is 12.0 Å². The van der Waals surface area contributed by atoms with Crippen LogP contribution in [0.3, 0.4) is 0 Å². The maximum atomic E-state index is 3.19. The van der Waals surface area contributed by atoms with Crippen LogP contribution in [0, 0.1) is 11.8 Å². The Morgan fingerprint density at radius 2 is 2.21 bits per heavy atom. The second kappa shape index (κ2) is 6.56. The van der Waals surface area contributed by atoms with Crippen molar-refractivity contribution in [3.63, 3.8) is 0 Å². The van der Waals surface area contributed by atoms with E-state index in [2.05, 4.69) is 49.3 Å². The molecule has 0 fully saturated rings. The minimum atomic E-state index is 1.01. The zero-order valence-corrected chi connectivity index (χ0v) is 9.66. The average molecular weight is 204 g/mol. The summed E-state index contributed by atoms with van der Waals surface area (Å²) in [5.74, 6) is 6.39. The topological polar surface area (TPSA) is 0 Å². The van der Waals surface area contributed by atoms with Crippen molar-refractivity contribution in [2.24, 2.45) is 0 Å². The lowest BCUT2D eigenvalue weighted by atomic mass is 10.2. The van der Waals surface area contributed by atoms with Crippen molar-refractivity contribution in [3.8, 4) is 11.8 Å². The van der Waals surface area contributed by atoms with E-state index in [1.165, 1.54) is 17.7 Å². The highest BCUT2D eigenvalue weighted by atomic mass is 32.2. The zero-order valence-electron chi connectivity index (χ0n) is 8.84. The highest BCUT2D eigenvalue weighted by molar-refractivity contribution is 7.98. The van der Waals surface area contributed by atoms with E-state index >= 15 is 0 Å². The predicted molar refractivity (Wildman–Crippen MR) is 64.6 cm³/mol. The summed E-state index contributed by atoms with van der Waals surface area (Å²) < 4.78 is 0. The Balaban J connectivity index is 2.60. The molecule has 0 saturated heterocycles. The van der Waals surface area contributed by atoms with Crippen LogP contribution in [0.15, 0.2) is 29.2 Å². The minimum Gasteiger partial charge on any atom is -0.130 e. The molecule has 0 spiro atoms. The van der Waals surface area contributed by atoms with Crippen LogP contribution < -0.4 is 0 Å². The predicted octanol–water partition coefficient (Wildman–Crippen LogP) is 3.95. The molecule has 74 valence electrons. The average Bonchev–Trinajstić information content (AvgIpc) is 2.25. The first-order valence-corrected chi connectivity index (χ1v) is 6.22. The van der Waals surface area contributed by atoms with E-state index in [4.69, 9.17) is 0 Å². The summed E-state index contributed by atoms with van der Waals surface area (Å²) in [5.41, 5.74) is 1.13. The molecule has 0 aliphatic heterocycles. The normalized spacial score (nSPS) is 9.29. The maximum absolute atomic E-state index is 3.19. The van der Waals surface area contributed by atoms with Gasteiger partial charge in [-0.3, -0.25) is 0 Å². The van der Waals surface area contributed by atoms with Gasteiger partial charge < -0.3 is 0 Å². The van der Waals surface area contributed by atoms with Gasteiger partial charge in [0.1, 0.15) is 0 Å². The number of benzene rings is 1. The van der Waals surface area contributed by atoms with E-state index < -0.39 is 0 Å². The van der Waals surface area contributed by atoms with Gasteiger partial charge >= 0.3 is 0 Å². The Kier molecular flexibility index (Phi) is 5.25. The van der Waals surface area contributed by atoms with Crippen molar-refractivity contribution in [1.29, 1.82) is 0 Å². The Bertz CT molecular complexity index is 331. The van der Waals surface area contributed by atoms with Crippen molar-refractivity contribution < 1.29 is 0 Å². The molecular weight excluding hydrogens is 188 g/mol. The standard InChI is InChI=1S/C13H16S/c1-3-4-5-6-8-12-9-7-10-13(11-12)14-2/h7,9-11H,3-5H2,1-2H3. The molecule has 0 aromatic heterocycles. The second-order valence-corrected chi connectivity index (χ2v) is 4.02. The first kappa shape index (κ1) is 11.2. The highest BCUT2D eigenvalue weighted by Crippen LogP contribution is 2.15. The van der Waals surface area contributed by atoms with Crippen LogP contribution >= 0.6 is 11.8 Å². The summed E-state index contributed by atoms with van der Waals surface area (Å²) in [6.45, 7) is 2.19. The van der Waals surface area contributed by atoms with Gasteiger partial charge in [0, 0.05) is 16.9 Å². The van der Waals surface area contributed by atoms with Crippen molar-refractivity contribution >= 4 is 11.8 Å².